The van der Waals surface area contributed by atoms with Gasteiger partial charge in [-0.2, -0.15) is 0 Å². The van der Waals surface area contributed by atoms with E-state index in [4.69, 9.17) is 9.72 Å². The molecular weight excluding hydrogens is 417 g/mol. The molecule has 1 aliphatic carbocycles. The van der Waals surface area contributed by atoms with Gasteiger partial charge in [-0.05, 0) is 86.4 Å². The van der Waals surface area contributed by atoms with Crippen LogP contribution < -0.4 is 4.74 Å². The Hall–Kier alpha value is -2.99. The Balaban J connectivity index is 1.28. The van der Waals surface area contributed by atoms with Gasteiger partial charge in [-0.25, -0.2) is 9.37 Å². The van der Waals surface area contributed by atoms with E-state index in [1.165, 1.54) is 11.6 Å². The summed E-state index contributed by atoms with van der Waals surface area (Å²) in [4.78, 5) is 12.8. The van der Waals surface area contributed by atoms with E-state index >= 15 is 0 Å². The number of imidazole rings is 1. The Morgan fingerprint density at radius 2 is 1.88 bits per heavy atom. The van der Waals surface area contributed by atoms with Gasteiger partial charge < -0.3 is 14.8 Å². The molecule has 5 nitrogen and oxygen atoms in total. The van der Waals surface area contributed by atoms with Gasteiger partial charge in [0.05, 0.1) is 22.7 Å². The molecule has 6 heteroatoms. The summed E-state index contributed by atoms with van der Waals surface area (Å²) in [5.41, 5.74) is 3.97. The standard InChI is InChI=1S/C27H30FN3O2/c1-16(32)15-33-21-8-10-25-26(14-21)31-27(30-25)17(2)18-3-5-19(6-4-18)22-11-12-29-24-9-7-20(28)13-23(22)24/h7-14,16-19,32H,3-6,15H2,1-2H3,(H,30,31)/t16?,17-,18-,19+/m1/s1. The van der Waals surface area contributed by atoms with Crippen molar-refractivity contribution in [3.8, 4) is 5.75 Å². The highest BCUT2D eigenvalue weighted by atomic mass is 19.1. The van der Waals surface area contributed by atoms with Crippen LogP contribution in [-0.4, -0.2) is 32.8 Å². The number of rotatable bonds is 6. The lowest BCUT2D eigenvalue weighted by Crippen LogP contribution is -2.19. The molecule has 0 bridgehead atoms. The topological polar surface area (TPSA) is 71.0 Å². The van der Waals surface area contributed by atoms with Gasteiger partial charge in [0.25, 0.3) is 0 Å². The Bertz CT molecular complexity index is 1260. The molecule has 2 atom stereocenters. The summed E-state index contributed by atoms with van der Waals surface area (Å²) < 4.78 is 19.5. The number of aliphatic hydroxyl groups is 1. The molecule has 2 aromatic carbocycles. The molecule has 172 valence electrons. The number of pyridine rings is 1. The van der Waals surface area contributed by atoms with E-state index in [0.29, 0.717) is 17.8 Å². The summed E-state index contributed by atoms with van der Waals surface area (Å²) in [6.45, 7) is 4.23. The molecule has 1 fully saturated rings. The Morgan fingerprint density at radius 1 is 1.06 bits per heavy atom. The van der Waals surface area contributed by atoms with Crippen molar-refractivity contribution in [1.82, 2.24) is 15.0 Å². The van der Waals surface area contributed by atoms with Crippen LogP contribution in [0.2, 0.25) is 0 Å². The minimum absolute atomic E-state index is 0.205. The Labute approximate surface area is 193 Å². The van der Waals surface area contributed by atoms with E-state index in [0.717, 1.165) is 59.2 Å². The number of halogens is 1. The van der Waals surface area contributed by atoms with E-state index in [1.807, 2.05) is 24.4 Å². The van der Waals surface area contributed by atoms with Crippen LogP contribution in [0.5, 0.6) is 5.75 Å². The number of ether oxygens (including phenoxy) is 1. The molecule has 33 heavy (non-hydrogen) atoms. The molecular formula is C27H30FN3O2. The summed E-state index contributed by atoms with van der Waals surface area (Å²) in [5, 5.41) is 10.4. The second-order valence-corrected chi connectivity index (χ2v) is 9.42. The maximum Gasteiger partial charge on any atom is 0.123 e. The van der Waals surface area contributed by atoms with Gasteiger partial charge >= 0.3 is 0 Å². The number of hydrogen-bond acceptors (Lipinski definition) is 4. The molecule has 1 saturated carbocycles. The third-order valence-corrected chi connectivity index (χ3v) is 7.05. The SMILES string of the molecule is CC(O)COc1ccc2[nH]c([C@H](C)[C@H]3CC[C@@H](c4ccnc5ccc(F)cc54)CC3)nc2c1. The Kier molecular flexibility index (Phi) is 6.02. The van der Waals surface area contributed by atoms with Crippen LogP contribution in [0.4, 0.5) is 4.39 Å². The fourth-order valence-corrected chi connectivity index (χ4v) is 5.18. The average molecular weight is 448 g/mol. The quantitative estimate of drug-likeness (QED) is 0.375. The van der Waals surface area contributed by atoms with Gasteiger partial charge in [-0.3, -0.25) is 4.98 Å². The summed E-state index contributed by atoms with van der Waals surface area (Å²) in [6, 6.07) is 12.8. The average Bonchev–Trinajstić information content (AvgIpc) is 3.25. The molecule has 0 saturated heterocycles. The molecule has 1 aliphatic rings. The summed E-state index contributed by atoms with van der Waals surface area (Å²) in [5.74, 6) is 2.84. The predicted molar refractivity (Wildman–Crippen MR) is 128 cm³/mol. The summed E-state index contributed by atoms with van der Waals surface area (Å²) in [6.07, 6.45) is 5.74. The van der Waals surface area contributed by atoms with Crippen molar-refractivity contribution < 1.29 is 14.2 Å². The summed E-state index contributed by atoms with van der Waals surface area (Å²) >= 11 is 0. The largest absolute Gasteiger partial charge is 0.491 e. The minimum atomic E-state index is -0.505. The normalized spacial score (nSPS) is 20.7. The van der Waals surface area contributed by atoms with Crippen LogP contribution in [-0.2, 0) is 0 Å². The number of nitrogens with one attached hydrogen (secondary N) is 1. The number of fused-ring (bicyclic) bond motifs is 2. The number of benzene rings is 2. The van der Waals surface area contributed by atoms with Crippen molar-refractivity contribution in [2.45, 2.75) is 57.5 Å². The zero-order valence-electron chi connectivity index (χ0n) is 19.1. The van der Waals surface area contributed by atoms with E-state index < -0.39 is 6.10 Å². The third kappa shape index (κ3) is 4.58. The highest BCUT2D eigenvalue weighted by Gasteiger charge is 2.29. The molecule has 0 radical (unpaired) electrons. The van der Waals surface area contributed by atoms with Crippen LogP contribution >= 0.6 is 0 Å². The molecule has 5 rings (SSSR count). The maximum atomic E-state index is 13.9. The van der Waals surface area contributed by atoms with Gasteiger partial charge in [0, 0.05) is 23.6 Å². The molecule has 2 heterocycles. The number of aromatic amines is 1. The lowest BCUT2D eigenvalue weighted by atomic mass is 9.73. The molecule has 0 aliphatic heterocycles. The lowest BCUT2D eigenvalue weighted by Gasteiger charge is -2.32. The zero-order chi connectivity index (χ0) is 22.9. The fraction of sp³-hybridized carbons (Fsp3) is 0.407. The summed E-state index contributed by atoms with van der Waals surface area (Å²) in [7, 11) is 0. The van der Waals surface area contributed by atoms with Crippen molar-refractivity contribution in [3.05, 3.63) is 65.9 Å². The van der Waals surface area contributed by atoms with Crippen molar-refractivity contribution in [1.29, 1.82) is 0 Å². The highest BCUT2D eigenvalue weighted by Crippen LogP contribution is 2.43. The highest BCUT2D eigenvalue weighted by molar-refractivity contribution is 5.82. The first-order chi connectivity index (χ1) is 16.0. The lowest BCUT2D eigenvalue weighted by molar-refractivity contribution is 0.123. The second-order valence-electron chi connectivity index (χ2n) is 9.42. The van der Waals surface area contributed by atoms with Gasteiger partial charge in [0.1, 0.15) is 24.0 Å². The smallest absolute Gasteiger partial charge is 0.123 e. The van der Waals surface area contributed by atoms with Crippen molar-refractivity contribution in [3.63, 3.8) is 0 Å². The van der Waals surface area contributed by atoms with Gasteiger partial charge in [0.15, 0.2) is 0 Å². The number of aliphatic hydroxyl groups excluding tert-OH is 1. The third-order valence-electron chi connectivity index (χ3n) is 7.05. The molecule has 2 aromatic heterocycles. The maximum absolute atomic E-state index is 13.9. The fourth-order valence-electron chi connectivity index (χ4n) is 5.18. The first kappa shape index (κ1) is 21.8. The molecule has 0 amide bonds. The Morgan fingerprint density at radius 3 is 2.67 bits per heavy atom. The van der Waals surface area contributed by atoms with E-state index in [-0.39, 0.29) is 12.4 Å². The van der Waals surface area contributed by atoms with Crippen LogP contribution in [0, 0.1) is 11.7 Å². The van der Waals surface area contributed by atoms with E-state index in [1.54, 1.807) is 19.1 Å². The molecule has 1 unspecified atom stereocenters. The monoisotopic (exact) mass is 447 g/mol. The predicted octanol–water partition coefficient (Wildman–Crippen LogP) is 6.09. The second kappa shape index (κ2) is 9.10. The van der Waals surface area contributed by atoms with Crippen LogP contribution in [0.25, 0.3) is 21.9 Å². The number of aromatic nitrogens is 3. The van der Waals surface area contributed by atoms with Gasteiger partial charge in [-0.15, -0.1) is 0 Å². The minimum Gasteiger partial charge on any atom is -0.491 e. The number of hydrogen-bond donors (Lipinski definition) is 2. The van der Waals surface area contributed by atoms with Crippen LogP contribution in [0.1, 0.15) is 62.8 Å². The van der Waals surface area contributed by atoms with Crippen molar-refractivity contribution in [2.24, 2.45) is 5.92 Å². The van der Waals surface area contributed by atoms with E-state index in [9.17, 15) is 9.50 Å². The first-order valence-corrected chi connectivity index (χ1v) is 11.8. The van der Waals surface area contributed by atoms with Gasteiger partial charge in [0.2, 0.25) is 0 Å². The molecule has 4 aromatic rings. The van der Waals surface area contributed by atoms with E-state index in [2.05, 4.69) is 23.0 Å². The molecule has 2 N–H and O–H groups in total. The van der Waals surface area contributed by atoms with Crippen molar-refractivity contribution in [2.75, 3.05) is 6.61 Å². The number of nitrogens with zero attached hydrogens (tertiary/aromatic N) is 2. The van der Waals surface area contributed by atoms with Crippen LogP contribution in [0.15, 0.2) is 48.7 Å². The zero-order valence-corrected chi connectivity index (χ0v) is 19.1. The molecule has 0 spiro atoms. The first-order valence-electron chi connectivity index (χ1n) is 11.8. The van der Waals surface area contributed by atoms with Gasteiger partial charge in [-0.1, -0.05) is 6.92 Å². The van der Waals surface area contributed by atoms with Crippen LogP contribution in [0.3, 0.4) is 0 Å². The van der Waals surface area contributed by atoms with Crippen molar-refractivity contribution >= 4 is 21.9 Å². The number of H-pyrrole nitrogens is 1.